The van der Waals surface area contributed by atoms with E-state index in [0.29, 0.717) is 19.0 Å². The van der Waals surface area contributed by atoms with Crippen molar-refractivity contribution < 1.29 is 14.3 Å². The average molecular weight is 383 g/mol. The van der Waals surface area contributed by atoms with E-state index in [1.807, 2.05) is 36.4 Å². The first-order valence-corrected chi connectivity index (χ1v) is 9.92. The highest BCUT2D eigenvalue weighted by Crippen LogP contribution is 2.17. The Bertz CT molecular complexity index is 742. The number of carbonyl (C=O) groups excluding carboxylic acids is 1. The lowest BCUT2D eigenvalue weighted by atomic mass is 10.1. The van der Waals surface area contributed by atoms with Gasteiger partial charge in [-0.1, -0.05) is 50.5 Å². The van der Waals surface area contributed by atoms with Crippen molar-refractivity contribution in [2.45, 2.75) is 46.0 Å². The Morgan fingerprint density at radius 1 is 1.00 bits per heavy atom. The predicted octanol–water partition coefficient (Wildman–Crippen LogP) is 4.74. The van der Waals surface area contributed by atoms with Crippen LogP contribution in [0.25, 0.3) is 0 Å². The summed E-state index contributed by atoms with van der Waals surface area (Å²) in [5.41, 5.74) is 4.53. The lowest BCUT2D eigenvalue weighted by molar-refractivity contribution is -0.118. The van der Waals surface area contributed by atoms with Crippen LogP contribution in [-0.4, -0.2) is 25.3 Å². The molecule has 0 spiro atoms. The molecular weight excluding hydrogens is 352 g/mol. The maximum absolute atomic E-state index is 10.9. The summed E-state index contributed by atoms with van der Waals surface area (Å²) in [5.74, 6) is 1.33. The number of rotatable bonds is 12. The Kier molecular flexibility index (Phi) is 9.62. The predicted molar refractivity (Wildman–Crippen MR) is 113 cm³/mol. The van der Waals surface area contributed by atoms with E-state index in [0.717, 1.165) is 17.7 Å². The molecule has 0 bridgehead atoms. The SMILES string of the molecule is CCCCCCc1ccc(OCCOc2ccccc2/C=N/NC(C)=O)cc1. The molecule has 0 heterocycles. The monoisotopic (exact) mass is 382 g/mol. The van der Waals surface area contributed by atoms with E-state index in [-0.39, 0.29) is 5.91 Å². The van der Waals surface area contributed by atoms with Crippen LogP contribution in [0.1, 0.15) is 50.7 Å². The molecule has 0 aromatic heterocycles. The van der Waals surface area contributed by atoms with Crippen LogP contribution in [0.3, 0.4) is 0 Å². The molecule has 0 radical (unpaired) electrons. The summed E-state index contributed by atoms with van der Waals surface area (Å²) < 4.78 is 11.5. The quantitative estimate of drug-likeness (QED) is 0.328. The summed E-state index contributed by atoms with van der Waals surface area (Å²) in [4.78, 5) is 10.9. The third-order valence-electron chi connectivity index (χ3n) is 4.20. The molecule has 0 saturated heterocycles. The van der Waals surface area contributed by atoms with Crippen LogP contribution in [0, 0.1) is 0 Å². The van der Waals surface area contributed by atoms with Crippen LogP contribution >= 0.6 is 0 Å². The highest BCUT2D eigenvalue weighted by atomic mass is 16.5. The van der Waals surface area contributed by atoms with Crippen LogP contribution < -0.4 is 14.9 Å². The smallest absolute Gasteiger partial charge is 0.236 e. The molecule has 2 aromatic carbocycles. The molecule has 0 fully saturated rings. The number of amides is 1. The van der Waals surface area contributed by atoms with Crippen LogP contribution in [-0.2, 0) is 11.2 Å². The van der Waals surface area contributed by atoms with Crippen molar-refractivity contribution in [3.8, 4) is 11.5 Å². The van der Waals surface area contributed by atoms with Gasteiger partial charge < -0.3 is 9.47 Å². The molecule has 2 aromatic rings. The van der Waals surface area contributed by atoms with Gasteiger partial charge in [-0.05, 0) is 42.7 Å². The van der Waals surface area contributed by atoms with Crippen molar-refractivity contribution in [2.24, 2.45) is 5.10 Å². The van der Waals surface area contributed by atoms with E-state index in [4.69, 9.17) is 9.47 Å². The van der Waals surface area contributed by atoms with E-state index in [1.165, 1.54) is 38.2 Å². The number of hydrazone groups is 1. The first-order chi connectivity index (χ1) is 13.7. The van der Waals surface area contributed by atoms with Crippen molar-refractivity contribution in [1.82, 2.24) is 5.43 Å². The Morgan fingerprint density at radius 2 is 1.75 bits per heavy atom. The van der Waals surface area contributed by atoms with Crippen molar-refractivity contribution in [3.05, 3.63) is 59.7 Å². The van der Waals surface area contributed by atoms with Gasteiger partial charge in [-0.25, -0.2) is 5.43 Å². The zero-order valence-corrected chi connectivity index (χ0v) is 16.8. The van der Waals surface area contributed by atoms with Gasteiger partial charge in [0.25, 0.3) is 0 Å². The Morgan fingerprint density at radius 3 is 2.50 bits per heavy atom. The van der Waals surface area contributed by atoms with Gasteiger partial charge in [-0.3, -0.25) is 4.79 Å². The molecule has 1 amide bonds. The topological polar surface area (TPSA) is 59.9 Å². The third kappa shape index (κ3) is 8.25. The highest BCUT2D eigenvalue weighted by Gasteiger charge is 2.02. The second kappa shape index (κ2) is 12.5. The summed E-state index contributed by atoms with van der Waals surface area (Å²) >= 11 is 0. The Labute approximate surface area is 167 Å². The second-order valence-electron chi connectivity index (χ2n) is 6.62. The van der Waals surface area contributed by atoms with Crippen LogP contribution in [0.2, 0.25) is 0 Å². The number of nitrogens with one attached hydrogen (secondary N) is 1. The van der Waals surface area contributed by atoms with E-state index in [9.17, 15) is 4.79 Å². The number of para-hydroxylation sites is 1. The van der Waals surface area contributed by atoms with Gasteiger partial charge in [-0.15, -0.1) is 0 Å². The Hall–Kier alpha value is -2.82. The molecule has 0 saturated carbocycles. The third-order valence-corrected chi connectivity index (χ3v) is 4.20. The van der Waals surface area contributed by atoms with Crippen molar-refractivity contribution in [2.75, 3.05) is 13.2 Å². The zero-order chi connectivity index (χ0) is 20.0. The fourth-order valence-electron chi connectivity index (χ4n) is 2.73. The molecule has 5 nitrogen and oxygen atoms in total. The van der Waals surface area contributed by atoms with Crippen molar-refractivity contribution >= 4 is 12.1 Å². The lowest BCUT2D eigenvalue weighted by Gasteiger charge is -2.10. The van der Waals surface area contributed by atoms with Gasteiger partial charge in [0.1, 0.15) is 24.7 Å². The molecule has 5 heteroatoms. The molecule has 0 aliphatic carbocycles. The van der Waals surface area contributed by atoms with E-state index >= 15 is 0 Å². The minimum absolute atomic E-state index is 0.213. The van der Waals surface area contributed by atoms with E-state index in [1.54, 1.807) is 6.21 Å². The summed E-state index contributed by atoms with van der Waals surface area (Å²) in [7, 11) is 0. The summed E-state index contributed by atoms with van der Waals surface area (Å²) in [6.45, 7) is 4.51. The maximum atomic E-state index is 10.9. The number of carbonyl (C=O) groups is 1. The highest BCUT2D eigenvalue weighted by molar-refractivity contribution is 5.84. The zero-order valence-electron chi connectivity index (χ0n) is 16.8. The minimum Gasteiger partial charge on any atom is -0.490 e. The summed E-state index contributed by atoms with van der Waals surface area (Å²) in [6, 6.07) is 15.8. The van der Waals surface area contributed by atoms with Crippen LogP contribution in [0.15, 0.2) is 53.6 Å². The van der Waals surface area contributed by atoms with Gasteiger partial charge in [0, 0.05) is 12.5 Å². The van der Waals surface area contributed by atoms with Crippen LogP contribution in [0.4, 0.5) is 0 Å². The molecule has 1 N–H and O–H groups in total. The fourth-order valence-corrected chi connectivity index (χ4v) is 2.73. The number of hydrogen-bond acceptors (Lipinski definition) is 4. The van der Waals surface area contributed by atoms with Gasteiger partial charge >= 0.3 is 0 Å². The molecule has 0 atom stereocenters. The number of nitrogens with zero attached hydrogens (tertiary/aromatic N) is 1. The fraction of sp³-hybridized carbons (Fsp3) is 0.391. The first-order valence-electron chi connectivity index (χ1n) is 9.92. The number of aryl methyl sites for hydroxylation is 1. The number of ether oxygens (including phenoxy) is 2. The Balaban J connectivity index is 1.74. The number of hydrogen-bond donors (Lipinski definition) is 1. The largest absolute Gasteiger partial charge is 0.490 e. The van der Waals surface area contributed by atoms with Gasteiger partial charge in [0.05, 0.1) is 6.21 Å². The second-order valence-corrected chi connectivity index (χ2v) is 6.62. The van der Waals surface area contributed by atoms with Gasteiger partial charge in [-0.2, -0.15) is 5.10 Å². The molecule has 150 valence electrons. The molecule has 28 heavy (non-hydrogen) atoms. The maximum Gasteiger partial charge on any atom is 0.236 e. The molecule has 0 unspecified atom stereocenters. The van der Waals surface area contributed by atoms with Crippen molar-refractivity contribution in [1.29, 1.82) is 0 Å². The van der Waals surface area contributed by atoms with Crippen LogP contribution in [0.5, 0.6) is 11.5 Å². The molecule has 2 rings (SSSR count). The summed E-state index contributed by atoms with van der Waals surface area (Å²) in [6.07, 6.45) is 7.80. The van der Waals surface area contributed by atoms with Gasteiger partial charge in [0.2, 0.25) is 5.91 Å². The molecular formula is C23H30N2O3. The number of benzene rings is 2. The normalized spacial score (nSPS) is 10.8. The van der Waals surface area contributed by atoms with E-state index < -0.39 is 0 Å². The van der Waals surface area contributed by atoms with Crippen molar-refractivity contribution in [3.63, 3.8) is 0 Å². The molecule has 0 aliphatic heterocycles. The molecule has 0 aliphatic rings. The first kappa shape index (κ1) is 21.5. The van der Waals surface area contributed by atoms with Gasteiger partial charge in [0.15, 0.2) is 0 Å². The van der Waals surface area contributed by atoms with E-state index in [2.05, 4.69) is 29.6 Å². The number of unbranched alkanes of at least 4 members (excludes halogenated alkanes) is 3. The minimum atomic E-state index is -0.213. The standard InChI is InChI=1S/C23H30N2O3/c1-3-4-5-6-9-20-12-14-22(15-13-20)27-16-17-28-23-11-8-7-10-21(23)18-24-25-19(2)26/h7-8,10-15,18H,3-6,9,16-17H2,1-2H3,(H,25,26)/b24-18+. The average Bonchev–Trinajstić information content (AvgIpc) is 2.70. The summed E-state index contributed by atoms with van der Waals surface area (Å²) in [5, 5.41) is 3.88. The lowest BCUT2D eigenvalue weighted by Crippen LogP contribution is -2.13.